The minimum absolute atomic E-state index is 0.204. The van der Waals surface area contributed by atoms with Crippen molar-refractivity contribution in [1.82, 2.24) is 19.8 Å². The number of nitrogens with zero attached hydrogens (tertiary/aromatic N) is 4. The number of nitrogens with one attached hydrogen (secondary N) is 1. The van der Waals surface area contributed by atoms with E-state index in [1.807, 2.05) is 47.7 Å². The molecule has 3 aliphatic heterocycles. The van der Waals surface area contributed by atoms with Crippen LogP contribution < -0.4 is 0 Å². The average Bonchev–Trinajstić information content (AvgIpc) is 3.79. The number of β-amino-alcohol motifs (C(OH)–C–C–N with tert-alkyl or cyclic N) is 2. The summed E-state index contributed by atoms with van der Waals surface area (Å²) < 4.78 is 11.3. The van der Waals surface area contributed by atoms with E-state index in [2.05, 4.69) is 58.5 Å². The standard InChI is InChI=1S/C41H51N5O6/c1-40(2,3)51-38(49)45-22-29(47)18-35(45)33-17-28-15-16-31(28)32(20-42-33)26-11-7-24(8-12-26)25-9-13-27(14-10-25)34-21-43-37(44-34)36-19-30(48)23-46(36)39(50)52-41(4,5)6/h7-14,20-21,28-31,35-36,47-48H,15-19,22-23H2,1-6H3,(H,43,44)/t28?,29-,30-,31?,35-,36-/m0/s1. The van der Waals surface area contributed by atoms with E-state index in [-0.39, 0.29) is 19.1 Å². The maximum atomic E-state index is 13.1. The molecule has 52 heavy (non-hydrogen) atoms. The molecule has 3 aromatic rings. The molecule has 4 heterocycles. The fraction of sp³-hybridized carbons (Fsp3) is 0.512. The monoisotopic (exact) mass is 709 g/mol. The molecule has 1 aromatic heterocycles. The van der Waals surface area contributed by atoms with Crippen LogP contribution in [-0.4, -0.2) is 90.4 Å². The molecule has 11 heteroatoms. The van der Waals surface area contributed by atoms with Gasteiger partial charge in [0.25, 0.3) is 0 Å². The maximum absolute atomic E-state index is 13.1. The van der Waals surface area contributed by atoms with Gasteiger partial charge in [-0.2, -0.15) is 0 Å². The molecule has 7 rings (SSSR count). The molecule has 2 saturated heterocycles. The molecule has 2 unspecified atom stereocenters. The topological polar surface area (TPSA) is 141 Å². The number of fused-ring (bicyclic) bond motifs is 1. The highest BCUT2D eigenvalue weighted by Crippen LogP contribution is 2.48. The quantitative estimate of drug-likeness (QED) is 0.251. The van der Waals surface area contributed by atoms with Gasteiger partial charge in [-0.1, -0.05) is 48.5 Å². The summed E-state index contributed by atoms with van der Waals surface area (Å²) in [6.07, 6.45) is 5.59. The van der Waals surface area contributed by atoms with Gasteiger partial charge in [0.2, 0.25) is 0 Å². The van der Waals surface area contributed by atoms with Gasteiger partial charge in [-0.15, -0.1) is 0 Å². The Bertz CT molecular complexity index is 1850. The molecule has 0 bridgehead atoms. The molecular formula is C41H51N5O6. The smallest absolute Gasteiger partial charge is 0.411 e. The number of aliphatic imine (C=N–C) groups is 1. The van der Waals surface area contributed by atoms with Crippen molar-refractivity contribution in [3.8, 4) is 22.4 Å². The van der Waals surface area contributed by atoms with Crippen LogP contribution in [-0.2, 0) is 9.47 Å². The molecule has 276 valence electrons. The molecule has 3 fully saturated rings. The molecule has 0 radical (unpaired) electrons. The van der Waals surface area contributed by atoms with Crippen molar-refractivity contribution in [3.63, 3.8) is 0 Å². The molecular weight excluding hydrogens is 658 g/mol. The number of ether oxygens (including phenoxy) is 2. The van der Waals surface area contributed by atoms with Crippen LogP contribution in [0.25, 0.3) is 28.0 Å². The largest absolute Gasteiger partial charge is 0.444 e. The lowest BCUT2D eigenvalue weighted by atomic mass is 9.66. The van der Waals surface area contributed by atoms with Crippen LogP contribution in [0.5, 0.6) is 0 Å². The Labute approximate surface area is 305 Å². The predicted octanol–water partition coefficient (Wildman–Crippen LogP) is 7.37. The Morgan fingerprint density at radius 1 is 0.750 bits per heavy atom. The number of likely N-dealkylation sites (tertiary alicyclic amines) is 2. The normalized spacial score (nSPS) is 26.2. The van der Waals surface area contributed by atoms with Crippen molar-refractivity contribution in [1.29, 1.82) is 0 Å². The minimum atomic E-state index is -0.639. The van der Waals surface area contributed by atoms with Gasteiger partial charge in [0, 0.05) is 24.8 Å². The Balaban J connectivity index is 1.05. The second-order valence-corrected chi connectivity index (χ2v) is 16.8. The summed E-state index contributed by atoms with van der Waals surface area (Å²) in [5.41, 5.74) is 6.08. The number of rotatable bonds is 5. The van der Waals surface area contributed by atoms with Crippen LogP contribution in [0.1, 0.15) is 91.1 Å². The zero-order valence-electron chi connectivity index (χ0n) is 31.0. The molecule has 11 nitrogen and oxygen atoms in total. The summed E-state index contributed by atoms with van der Waals surface area (Å²) in [6, 6.07) is 16.3. The summed E-state index contributed by atoms with van der Waals surface area (Å²) in [7, 11) is 0. The van der Waals surface area contributed by atoms with E-state index in [9.17, 15) is 19.8 Å². The van der Waals surface area contributed by atoms with Gasteiger partial charge >= 0.3 is 12.2 Å². The van der Waals surface area contributed by atoms with Crippen molar-refractivity contribution >= 4 is 23.5 Å². The number of H-pyrrole nitrogens is 1. The number of carbonyl (C=O) groups excluding carboxylic acids is 2. The van der Waals surface area contributed by atoms with Gasteiger partial charge in [0.1, 0.15) is 17.0 Å². The van der Waals surface area contributed by atoms with Crippen molar-refractivity contribution in [2.24, 2.45) is 16.8 Å². The third-order valence-corrected chi connectivity index (χ3v) is 10.5. The Morgan fingerprint density at radius 3 is 1.81 bits per heavy atom. The summed E-state index contributed by atoms with van der Waals surface area (Å²) in [5, 5.41) is 20.9. The molecule has 3 N–H and O–H groups in total. The number of carbonyl (C=O) groups is 2. The van der Waals surface area contributed by atoms with Crippen LogP contribution in [0.4, 0.5) is 9.59 Å². The van der Waals surface area contributed by atoms with E-state index in [4.69, 9.17) is 14.5 Å². The van der Waals surface area contributed by atoms with Crippen LogP contribution >= 0.6 is 0 Å². The first kappa shape index (κ1) is 35.9. The van der Waals surface area contributed by atoms with Crippen molar-refractivity contribution < 1.29 is 29.3 Å². The fourth-order valence-corrected chi connectivity index (χ4v) is 7.90. The van der Waals surface area contributed by atoms with Crippen molar-refractivity contribution in [2.45, 2.75) is 109 Å². The lowest BCUT2D eigenvalue weighted by Crippen LogP contribution is -2.44. The SMILES string of the molecule is CC(C)(C)OC(=O)N1C[C@@H](O)C[C@H]1C1=NC=C(c2ccc(-c3ccc(-c4cnc([C@@H]5C[C@H](O)CN5C(=O)OC(C)(C)C)[nH]4)cc3)cc2)C2CCC2C1. The molecule has 2 amide bonds. The number of hydrogen-bond donors (Lipinski definition) is 3. The molecule has 0 spiro atoms. The zero-order chi connectivity index (χ0) is 36.9. The molecule has 1 aliphatic carbocycles. The Morgan fingerprint density at radius 2 is 1.27 bits per heavy atom. The first-order valence-electron chi connectivity index (χ1n) is 18.5. The number of aliphatic hydroxyl groups excluding tert-OH is 2. The Hall–Kier alpha value is -4.48. The van der Waals surface area contributed by atoms with E-state index < -0.39 is 41.6 Å². The highest BCUT2D eigenvalue weighted by molar-refractivity contribution is 5.95. The van der Waals surface area contributed by atoms with Crippen LogP contribution in [0.3, 0.4) is 0 Å². The highest BCUT2D eigenvalue weighted by atomic mass is 16.6. The highest BCUT2D eigenvalue weighted by Gasteiger charge is 2.44. The van der Waals surface area contributed by atoms with Crippen molar-refractivity contribution in [2.75, 3.05) is 13.1 Å². The summed E-state index contributed by atoms with van der Waals surface area (Å²) in [5.74, 6) is 1.49. The minimum Gasteiger partial charge on any atom is -0.444 e. The predicted molar refractivity (Wildman–Crippen MR) is 199 cm³/mol. The van der Waals surface area contributed by atoms with Gasteiger partial charge in [-0.3, -0.25) is 14.8 Å². The third-order valence-electron chi connectivity index (χ3n) is 10.5. The van der Waals surface area contributed by atoms with Gasteiger partial charge in [0.15, 0.2) is 0 Å². The number of allylic oxidation sites excluding steroid dienone is 1. The molecule has 2 aromatic carbocycles. The van der Waals surface area contributed by atoms with E-state index in [0.29, 0.717) is 30.5 Å². The van der Waals surface area contributed by atoms with Gasteiger partial charge < -0.3 is 24.7 Å². The number of imidazole rings is 1. The van der Waals surface area contributed by atoms with Crippen LogP contribution in [0, 0.1) is 11.8 Å². The van der Waals surface area contributed by atoms with E-state index >= 15 is 0 Å². The summed E-state index contributed by atoms with van der Waals surface area (Å²) in [6.45, 7) is 11.5. The number of aromatic nitrogens is 2. The van der Waals surface area contributed by atoms with Crippen LogP contribution in [0.2, 0.25) is 0 Å². The summed E-state index contributed by atoms with van der Waals surface area (Å²) in [4.78, 5) is 42.1. The van der Waals surface area contributed by atoms with Gasteiger partial charge in [-0.05, 0) is 100 Å². The third kappa shape index (κ3) is 7.66. The maximum Gasteiger partial charge on any atom is 0.411 e. The van der Waals surface area contributed by atoms with Gasteiger partial charge in [0.05, 0.1) is 49.3 Å². The lowest BCUT2D eigenvalue weighted by Gasteiger charge is -2.38. The van der Waals surface area contributed by atoms with Gasteiger partial charge in [-0.25, -0.2) is 14.6 Å². The van der Waals surface area contributed by atoms with E-state index in [0.717, 1.165) is 52.9 Å². The van der Waals surface area contributed by atoms with Crippen LogP contribution in [0.15, 0.2) is 65.9 Å². The lowest BCUT2D eigenvalue weighted by molar-refractivity contribution is 0.0199. The van der Waals surface area contributed by atoms with E-state index in [1.165, 1.54) is 5.57 Å². The van der Waals surface area contributed by atoms with Crippen molar-refractivity contribution in [3.05, 3.63) is 72.3 Å². The number of benzene rings is 2. The number of amides is 2. The second kappa shape index (κ2) is 13.8. The molecule has 4 aliphatic rings. The Kier molecular flexibility index (Phi) is 9.54. The first-order valence-corrected chi connectivity index (χ1v) is 18.5. The molecule has 1 saturated carbocycles. The number of aromatic amines is 1. The first-order chi connectivity index (χ1) is 24.6. The zero-order valence-corrected chi connectivity index (χ0v) is 31.0. The number of aliphatic hydroxyl groups is 2. The summed E-state index contributed by atoms with van der Waals surface area (Å²) >= 11 is 0. The average molecular weight is 710 g/mol. The molecule has 6 atom stereocenters. The number of hydrogen-bond acceptors (Lipinski definition) is 8. The van der Waals surface area contributed by atoms with E-state index in [1.54, 1.807) is 16.0 Å². The second-order valence-electron chi connectivity index (χ2n) is 16.8. The fourth-order valence-electron chi connectivity index (χ4n) is 7.90.